The monoisotopic (exact) mass is 684 g/mol. The molecule has 2 N–H and O–H groups in total. The largest absolute Gasteiger partial charge is 0.490 e. The molecule has 1 atom stereocenters. The highest BCUT2D eigenvalue weighted by Gasteiger charge is 2.27. The molecule has 0 aliphatic carbocycles. The lowest BCUT2D eigenvalue weighted by atomic mass is 10.1. The zero-order chi connectivity index (χ0) is 33.9. The number of hydrogen-bond acceptors (Lipinski definition) is 10. The molecule has 262 valence electrons. The molecule has 0 fully saturated rings. The Morgan fingerprint density at radius 2 is 1.59 bits per heavy atom. The molecule has 1 aromatic carbocycles. The van der Waals surface area contributed by atoms with Gasteiger partial charge in [0.25, 0.3) is 5.91 Å². The lowest BCUT2D eigenvalue weighted by Gasteiger charge is -2.28. The van der Waals surface area contributed by atoms with E-state index in [-0.39, 0.29) is 44.2 Å². The first-order chi connectivity index (χ1) is 22.1. The fourth-order valence-electron chi connectivity index (χ4n) is 3.78. The second-order valence-electron chi connectivity index (χ2n) is 11.3. The van der Waals surface area contributed by atoms with Gasteiger partial charge in [-0.15, -0.1) is 0 Å². The number of carbonyl (C=O) groups excluding carboxylic acids is 2. The van der Waals surface area contributed by atoms with E-state index in [2.05, 4.69) is 36.3 Å². The van der Waals surface area contributed by atoms with Crippen LogP contribution >= 0.6 is 21.6 Å². The van der Waals surface area contributed by atoms with Gasteiger partial charge in [0.05, 0.1) is 52.8 Å². The van der Waals surface area contributed by atoms with Gasteiger partial charge in [0.2, 0.25) is 5.91 Å². The summed E-state index contributed by atoms with van der Waals surface area (Å²) in [4.78, 5) is 23.8. The molecule has 0 unspecified atom stereocenters. The van der Waals surface area contributed by atoms with E-state index >= 15 is 0 Å². The van der Waals surface area contributed by atoms with Crippen LogP contribution in [0.4, 0.5) is 0 Å². The minimum absolute atomic E-state index is 0.0558. The van der Waals surface area contributed by atoms with Gasteiger partial charge in [0, 0.05) is 24.6 Å². The van der Waals surface area contributed by atoms with Gasteiger partial charge in [-0.3, -0.25) is 9.59 Å². The average Bonchev–Trinajstić information content (AvgIpc) is 3.02. The van der Waals surface area contributed by atoms with Crippen molar-refractivity contribution in [3.8, 4) is 17.6 Å². The molecule has 0 bridgehead atoms. The molecule has 0 heterocycles. The summed E-state index contributed by atoms with van der Waals surface area (Å²) in [5, 5.41) is 5.57. The maximum atomic E-state index is 12.6. The lowest BCUT2D eigenvalue weighted by Crippen LogP contribution is -2.33. The Hall–Kier alpha value is -1.98. The Balaban J connectivity index is 2.24. The third kappa shape index (κ3) is 23.4. The molecule has 0 aliphatic heterocycles. The summed E-state index contributed by atoms with van der Waals surface area (Å²) < 4.78 is 34.1. The highest BCUT2D eigenvalue weighted by molar-refractivity contribution is 8.76. The quantitative estimate of drug-likeness (QED) is 0.0555. The van der Waals surface area contributed by atoms with Crippen molar-refractivity contribution in [2.45, 2.75) is 58.8 Å². The molecule has 0 saturated heterocycles. The van der Waals surface area contributed by atoms with E-state index in [9.17, 15) is 9.59 Å². The fraction of sp³-hybridized carbons (Fsp3) is 0.706. The molecule has 46 heavy (non-hydrogen) atoms. The molecule has 1 aromatic rings. The van der Waals surface area contributed by atoms with Crippen molar-refractivity contribution in [3.05, 3.63) is 29.8 Å². The standard InChI is InChI=1S/C34H56N2O8S2/c1-28(2)11-7-8-17-39-19-21-41-22-20-40-18-16-36-33(38)30-13-9-14-31(25-30)43-27-34(5,46-45-6)44-24-23-42-26-32(37)35-15-10-12-29(3)4/h9,13-14,25,28-29H,7-8,11,15-24,26-27H2,1-6H3,(H,35,37)(H,36,38)/t34-/m1/s1. The van der Waals surface area contributed by atoms with E-state index in [1.807, 2.05) is 27.0 Å². The van der Waals surface area contributed by atoms with Crippen molar-refractivity contribution in [3.63, 3.8) is 0 Å². The number of amides is 2. The second kappa shape index (κ2) is 27.0. The van der Waals surface area contributed by atoms with Crippen LogP contribution in [-0.4, -0.2) is 102 Å². The molecule has 0 aliphatic rings. The van der Waals surface area contributed by atoms with Crippen LogP contribution in [0.15, 0.2) is 24.3 Å². The average molecular weight is 685 g/mol. The third-order valence-corrected chi connectivity index (χ3v) is 8.40. The zero-order valence-electron chi connectivity index (χ0n) is 28.7. The van der Waals surface area contributed by atoms with Gasteiger partial charge in [-0.2, -0.15) is 0 Å². The highest BCUT2D eigenvalue weighted by Crippen LogP contribution is 2.35. The summed E-state index contributed by atoms with van der Waals surface area (Å²) >= 11 is 0. The molecule has 1 rings (SSSR count). The summed E-state index contributed by atoms with van der Waals surface area (Å²) in [6.45, 7) is 15.1. The van der Waals surface area contributed by atoms with Gasteiger partial charge in [0.1, 0.15) is 19.0 Å². The minimum Gasteiger partial charge on any atom is -0.490 e. The number of ether oxygens (including phenoxy) is 6. The summed E-state index contributed by atoms with van der Waals surface area (Å²) in [6.07, 6.45) is 5.49. The topological polar surface area (TPSA) is 114 Å². The number of carbonyl (C=O) groups is 2. The van der Waals surface area contributed by atoms with E-state index in [4.69, 9.17) is 28.4 Å². The van der Waals surface area contributed by atoms with Crippen molar-refractivity contribution in [2.75, 3.05) is 85.4 Å². The Labute approximate surface area is 284 Å². The first-order valence-corrected chi connectivity index (χ1v) is 18.6. The van der Waals surface area contributed by atoms with Crippen LogP contribution in [0.3, 0.4) is 0 Å². The van der Waals surface area contributed by atoms with Gasteiger partial charge in [-0.1, -0.05) is 80.0 Å². The normalized spacial score (nSPS) is 12.4. The first-order valence-electron chi connectivity index (χ1n) is 16.1. The summed E-state index contributed by atoms with van der Waals surface area (Å²) in [5.74, 6) is 7.04. The Morgan fingerprint density at radius 3 is 2.28 bits per heavy atom. The van der Waals surface area contributed by atoms with Crippen molar-refractivity contribution < 1.29 is 38.0 Å². The van der Waals surface area contributed by atoms with Crippen LogP contribution in [0.2, 0.25) is 0 Å². The van der Waals surface area contributed by atoms with Gasteiger partial charge >= 0.3 is 0 Å². The predicted molar refractivity (Wildman–Crippen MR) is 187 cm³/mol. The first kappa shape index (κ1) is 42.0. The fourth-order valence-corrected chi connectivity index (χ4v) is 5.71. The van der Waals surface area contributed by atoms with Crippen LogP contribution in [-0.2, 0) is 28.5 Å². The van der Waals surface area contributed by atoms with Gasteiger partial charge in [0.15, 0.2) is 4.93 Å². The van der Waals surface area contributed by atoms with Crippen LogP contribution in [0, 0.1) is 23.7 Å². The van der Waals surface area contributed by atoms with E-state index in [0.29, 0.717) is 57.4 Å². The van der Waals surface area contributed by atoms with Crippen molar-refractivity contribution in [1.29, 1.82) is 0 Å². The molecule has 2 amide bonds. The third-order valence-electron chi connectivity index (χ3n) is 6.09. The molecular formula is C34H56N2O8S2. The van der Waals surface area contributed by atoms with Crippen LogP contribution in [0.1, 0.15) is 64.2 Å². The Morgan fingerprint density at radius 1 is 0.891 bits per heavy atom. The smallest absolute Gasteiger partial charge is 0.251 e. The van der Waals surface area contributed by atoms with Gasteiger partial charge < -0.3 is 39.1 Å². The second-order valence-corrected chi connectivity index (χ2v) is 14.2. The maximum absolute atomic E-state index is 12.6. The highest BCUT2D eigenvalue weighted by atomic mass is 33.1. The van der Waals surface area contributed by atoms with Crippen LogP contribution in [0.25, 0.3) is 0 Å². The van der Waals surface area contributed by atoms with Crippen LogP contribution < -0.4 is 15.4 Å². The number of hydrogen-bond donors (Lipinski definition) is 2. The van der Waals surface area contributed by atoms with Crippen molar-refractivity contribution in [2.24, 2.45) is 11.8 Å². The molecular weight excluding hydrogens is 629 g/mol. The molecule has 0 spiro atoms. The zero-order valence-corrected chi connectivity index (χ0v) is 30.3. The summed E-state index contributed by atoms with van der Waals surface area (Å²) in [5.41, 5.74) is 0.493. The van der Waals surface area contributed by atoms with Crippen molar-refractivity contribution in [1.82, 2.24) is 10.6 Å². The van der Waals surface area contributed by atoms with E-state index in [1.165, 1.54) is 23.6 Å². The SMILES string of the molecule is CSS[C@](C)(COc1cccc(C(=O)NCCOCCOCCOCCCCC(C)C)c1)OCCOCC(=O)NCC#CC(C)C. The van der Waals surface area contributed by atoms with E-state index in [1.54, 1.807) is 35.1 Å². The van der Waals surface area contributed by atoms with E-state index in [0.717, 1.165) is 18.9 Å². The molecule has 0 saturated carbocycles. The van der Waals surface area contributed by atoms with Gasteiger partial charge in [-0.25, -0.2) is 0 Å². The van der Waals surface area contributed by atoms with E-state index < -0.39 is 4.93 Å². The Kier molecular flexibility index (Phi) is 24.7. The minimum atomic E-state index is -0.670. The van der Waals surface area contributed by atoms with Crippen molar-refractivity contribution >= 4 is 33.4 Å². The predicted octanol–water partition coefficient (Wildman–Crippen LogP) is 5.21. The lowest BCUT2D eigenvalue weighted by molar-refractivity contribution is -0.126. The molecule has 0 aromatic heterocycles. The number of rotatable bonds is 27. The molecule has 12 heteroatoms. The number of unbranched alkanes of at least 4 members (excludes halogenated alkanes) is 1. The molecule has 0 radical (unpaired) electrons. The summed E-state index contributed by atoms with van der Waals surface area (Å²) in [7, 11) is 3.09. The molecule has 10 nitrogen and oxygen atoms in total. The van der Waals surface area contributed by atoms with Crippen LogP contribution in [0.5, 0.6) is 5.75 Å². The van der Waals surface area contributed by atoms with Gasteiger partial charge in [-0.05, 0) is 43.7 Å². The number of nitrogens with one attached hydrogen (secondary N) is 2. The number of benzene rings is 1. The summed E-state index contributed by atoms with van der Waals surface area (Å²) in [6, 6.07) is 7.02. The maximum Gasteiger partial charge on any atom is 0.251 e. The Bertz CT molecular complexity index is 1020.